The predicted molar refractivity (Wildman–Crippen MR) is 114 cm³/mol. The minimum absolute atomic E-state index is 0.0751. The van der Waals surface area contributed by atoms with Crippen LogP contribution in [-0.4, -0.2) is 82.3 Å². The van der Waals surface area contributed by atoms with Gasteiger partial charge in [0.25, 0.3) is 0 Å². The SMILES string of the molecule is CCCCCCC(OCCO)C(O)C(O)C(CCCCCCCC(=O)O)OCCO. The van der Waals surface area contributed by atoms with E-state index in [4.69, 9.17) is 24.8 Å². The lowest BCUT2D eigenvalue weighted by Gasteiger charge is -2.32. The van der Waals surface area contributed by atoms with Gasteiger partial charge >= 0.3 is 5.97 Å². The highest BCUT2D eigenvalue weighted by molar-refractivity contribution is 5.66. The Bertz CT molecular complexity index is 393. The zero-order valence-electron chi connectivity index (χ0n) is 18.6. The molecule has 0 fully saturated rings. The molecule has 0 aliphatic rings. The summed E-state index contributed by atoms with van der Waals surface area (Å²) in [5, 5.41) is 48.2. The molecule has 0 saturated carbocycles. The number of hydrogen-bond donors (Lipinski definition) is 5. The van der Waals surface area contributed by atoms with E-state index in [1.807, 2.05) is 0 Å². The van der Waals surface area contributed by atoms with E-state index in [1.54, 1.807) is 0 Å². The Morgan fingerprint density at radius 3 is 1.60 bits per heavy atom. The first kappa shape index (κ1) is 29.2. The molecule has 4 atom stereocenters. The fraction of sp³-hybridized carbons (Fsp3) is 0.955. The molecule has 0 aliphatic heterocycles. The van der Waals surface area contributed by atoms with Crippen LogP contribution < -0.4 is 0 Å². The number of aliphatic carboxylic acids is 1. The molecule has 0 aliphatic carbocycles. The van der Waals surface area contributed by atoms with Crippen molar-refractivity contribution >= 4 is 5.97 Å². The maximum absolute atomic E-state index is 10.7. The number of aliphatic hydroxyl groups is 4. The topological polar surface area (TPSA) is 137 Å². The third kappa shape index (κ3) is 15.1. The van der Waals surface area contributed by atoms with Crippen molar-refractivity contribution < 1.29 is 39.8 Å². The lowest BCUT2D eigenvalue weighted by Crippen LogP contribution is -2.47. The van der Waals surface area contributed by atoms with E-state index in [0.29, 0.717) is 19.3 Å². The van der Waals surface area contributed by atoms with Crippen molar-refractivity contribution in [2.45, 2.75) is 108 Å². The normalized spacial score (nSPS) is 15.6. The minimum atomic E-state index is -1.15. The Hall–Kier alpha value is -0.770. The van der Waals surface area contributed by atoms with Crippen molar-refractivity contribution in [1.82, 2.24) is 0 Å². The van der Waals surface area contributed by atoms with Gasteiger partial charge in [0.05, 0.1) is 38.6 Å². The zero-order chi connectivity index (χ0) is 22.6. The van der Waals surface area contributed by atoms with Gasteiger partial charge in [-0.05, 0) is 19.3 Å². The number of unbranched alkanes of at least 4 members (excludes halogenated alkanes) is 7. The number of aliphatic hydroxyl groups excluding tert-OH is 4. The van der Waals surface area contributed by atoms with Gasteiger partial charge in [0, 0.05) is 6.42 Å². The molecule has 180 valence electrons. The first-order valence-electron chi connectivity index (χ1n) is 11.5. The summed E-state index contributed by atoms with van der Waals surface area (Å²) in [6.07, 6.45) is 5.93. The molecule has 8 heteroatoms. The zero-order valence-corrected chi connectivity index (χ0v) is 18.6. The number of carboxylic acid groups (broad SMARTS) is 1. The Balaban J connectivity index is 4.59. The molecule has 0 aromatic carbocycles. The molecular weight excluding hydrogens is 392 g/mol. The van der Waals surface area contributed by atoms with E-state index >= 15 is 0 Å². The second kappa shape index (κ2) is 20.2. The van der Waals surface area contributed by atoms with Crippen LogP contribution in [0.1, 0.15) is 84.0 Å². The average Bonchev–Trinajstić information content (AvgIpc) is 2.73. The second-order valence-electron chi connectivity index (χ2n) is 7.80. The summed E-state index contributed by atoms with van der Waals surface area (Å²) < 4.78 is 11.2. The van der Waals surface area contributed by atoms with Gasteiger partial charge in [0.2, 0.25) is 0 Å². The lowest BCUT2D eigenvalue weighted by molar-refractivity contribution is -0.145. The van der Waals surface area contributed by atoms with Crippen LogP contribution in [0.15, 0.2) is 0 Å². The van der Waals surface area contributed by atoms with Gasteiger partial charge in [0.1, 0.15) is 12.2 Å². The molecule has 0 radical (unpaired) electrons. The van der Waals surface area contributed by atoms with Crippen LogP contribution >= 0.6 is 0 Å². The Morgan fingerprint density at radius 1 is 0.733 bits per heavy atom. The van der Waals surface area contributed by atoms with Crippen LogP contribution in [0.2, 0.25) is 0 Å². The molecule has 8 nitrogen and oxygen atoms in total. The molecule has 4 unspecified atom stereocenters. The molecule has 30 heavy (non-hydrogen) atoms. The number of carboxylic acids is 1. The van der Waals surface area contributed by atoms with E-state index in [1.165, 1.54) is 0 Å². The molecule has 0 heterocycles. The average molecular weight is 437 g/mol. The standard InChI is InChI=1S/C22H44O8/c1-2-3-4-8-11-18(29-16-14-23)21(27)22(28)19(30-17-15-24)12-9-6-5-7-10-13-20(25)26/h18-19,21-24,27-28H,2-17H2,1H3,(H,25,26). The monoisotopic (exact) mass is 436 g/mol. The minimum Gasteiger partial charge on any atom is -0.481 e. The third-order valence-corrected chi connectivity index (χ3v) is 5.18. The van der Waals surface area contributed by atoms with E-state index < -0.39 is 30.4 Å². The van der Waals surface area contributed by atoms with E-state index in [0.717, 1.165) is 51.4 Å². The van der Waals surface area contributed by atoms with Crippen molar-refractivity contribution in [2.75, 3.05) is 26.4 Å². The molecule has 0 aromatic rings. The van der Waals surface area contributed by atoms with Crippen LogP contribution in [0.25, 0.3) is 0 Å². The first-order chi connectivity index (χ1) is 14.5. The lowest BCUT2D eigenvalue weighted by atomic mass is 9.95. The summed E-state index contributed by atoms with van der Waals surface area (Å²) in [5.41, 5.74) is 0. The molecule has 0 rings (SSSR count). The Morgan fingerprint density at radius 2 is 1.17 bits per heavy atom. The summed E-state index contributed by atoms with van der Waals surface area (Å²) in [5.74, 6) is -0.780. The number of hydrogen-bond acceptors (Lipinski definition) is 7. The maximum atomic E-state index is 10.7. The molecule has 0 spiro atoms. The van der Waals surface area contributed by atoms with Crippen molar-refractivity contribution in [2.24, 2.45) is 0 Å². The van der Waals surface area contributed by atoms with Crippen LogP contribution in [0.3, 0.4) is 0 Å². The third-order valence-electron chi connectivity index (χ3n) is 5.18. The van der Waals surface area contributed by atoms with Crippen molar-refractivity contribution in [3.05, 3.63) is 0 Å². The molecule has 0 aromatic heterocycles. The van der Waals surface area contributed by atoms with E-state index in [2.05, 4.69) is 6.92 Å². The second-order valence-corrected chi connectivity index (χ2v) is 7.80. The predicted octanol–water partition coefficient (Wildman–Crippen LogP) is 2.25. The van der Waals surface area contributed by atoms with E-state index in [9.17, 15) is 15.0 Å². The van der Waals surface area contributed by atoms with Crippen LogP contribution in [0, 0.1) is 0 Å². The van der Waals surface area contributed by atoms with Gasteiger partial charge < -0.3 is 35.0 Å². The van der Waals surface area contributed by atoms with Crippen molar-refractivity contribution in [3.63, 3.8) is 0 Å². The summed E-state index contributed by atoms with van der Waals surface area (Å²) >= 11 is 0. The maximum Gasteiger partial charge on any atom is 0.303 e. The highest BCUT2D eigenvalue weighted by atomic mass is 16.5. The number of ether oxygens (including phenoxy) is 2. The largest absolute Gasteiger partial charge is 0.481 e. The molecule has 0 amide bonds. The molecule has 0 saturated heterocycles. The smallest absolute Gasteiger partial charge is 0.303 e. The highest BCUT2D eigenvalue weighted by Gasteiger charge is 2.33. The van der Waals surface area contributed by atoms with Gasteiger partial charge in [-0.2, -0.15) is 0 Å². The van der Waals surface area contributed by atoms with Gasteiger partial charge in [-0.15, -0.1) is 0 Å². The quantitative estimate of drug-likeness (QED) is 0.163. The molecule has 5 N–H and O–H groups in total. The summed E-state index contributed by atoms with van der Waals surface area (Å²) in [4.78, 5) is 10.5. The Labute approximate surface area is 181 Å². The summed E-state index contributed by atoms with van der Waals surface area (Å²) in [7, 11) is 0. The molecular formula is C22H44O8. The van der Waals surface area contributed by atoms with Gasteiger partial charge in [-0.25, -0.2) is 0 Å². The first-order valence-corrected chi connectivity index (χ1v) is 11.5. The number of rotatable bonds is 22. The summed E-state index contributed by atoms with van der Waals surface area (Å²) in [6, 6.07) is 0. The fourth-order valence-corrected chi connectivity index (χ4v) is 3.48. The van der Waals surface area contributed by atoms with Gasteiger partial charge in [-0.3, -0.25) is 4.79 Å². The fourth-order valence-electron chi connectivity index (χ4n) is 3.48. The van der Waals surface area contributed by atoms with Crippen LogP contribution in [-0.2, 0) is 14.3 Å². The highest BCUT2D eigenvalue weighted by Crippen LogP contribution is 2.20. The molecule has 0 bridgehead atoms. The van der Waals surface area contributed by atoms with Gasteiger partial charge in [-0.1, -0.05) is 58.3 Å². The van der Waals surface area contributed by atoms with Crippen molar-refractivity contribution in [1.29, 1.82) is 0 Å². The summed E-state index contributed by atoms with van der Waals surface area (Å²) in [6.45, 7) is 1.97. The number of carbonyl (C=O) groups is 1. The van der Waals surface area contributed by atoms with Crippen LogP contribution in [0.4, 0.5) is 0 Å². The van der Waals surface area contributed by atoms with Crippen LogP contribution in [0.5, 0.6) is 0 Å². The van der Waals surface area contributed by atoms with E-state index in [-0.39, 0.29) is 32.8 Å². The van der Waals surface area contributed by atoms with Gasteiger partial charge in [0.15, 0.2) is 0 Å². The Kier molecular flexibility index (Phi) is 19.6. The van der Waals surface area contributed by atoms with Crippen molar-refractivity contribution in [3.8, 4) is 0 Å².